The van der Waals surface area contributed by atoms with Gasteiger partial charge in [0.2, 0.25) is 5.91 Å². The number of hydrogen-bond acceptors (Lipinski definition) is 3. The molecule has 1 aromatic heterocycles. The van der Waals surface area contributed by atoms with Crippen LogP contribution in [0.4, 0.5) is 0 Å². The molecular formula is C12H15N3O2. The van der Waals surface area contributed by atoms with E-state index in [1.165, 1.54) is 11.8 Å². The van der Waals surface area contributed by atoms with Crippen molar-refractivity contribution in [2.75, 3.05) is 13.7 Å². The van der Waals surface area contributed by atoms with Crippen LogP contribution in [-0.4, -0.2) is 39.5 Å². The Morgan fingerprint density at radius 3 is 3.00 bits per heavy atom. The van der Waals surface area contributed by atoms with Crippen LogP contribution in [0.15, 0.2) is 24.5 Å². The van der Waals surface area contributed by atoms with Gasteiger partial charge in [0.15, 0.2) is 0 Å². The summed E-state index contributed by atoms with van der Waals surface area (Å²) >= 11 is 0. The number of likely N-dealkylation sites (N-methyl/N-ethyl adjacent to an activating group) is 1. The molecule has 0 radical (unpaired) electrons. The van der Waals surface area contributed by atoms with Crippen LogP contribution in [0, 0.1) is 0 Å². The van der Waals surface area contributed by atoms with Gasteiger partial charge in [0.25, 0.3) is 0 Å². The summed E-state index contributed by atoms with van der Waals surface area (Å²) in [6.45, 7) is 1.38. The molecule has 0 spiro atoms. The fourth-order valence-corrected chi connectivity index (χ4v) is 1.83. The molecule has 0 aliphatic carbocycles. The van der Waals surface area contributed by atoms with Gasteiger partial charge in [-0.1, -0.05) is 6.07 Å². The maximum Gasteiger partial charge on any atom is 0.219 e. The molecule has 1 aromatic carbocycles. The molecule has 0 saturated carbocycles. The van der Waals surface area contributed by atoms with E-state index in [2.05, 4.69) is 9.97 Å². The number of benzene rings is 1. The smallest absolute Gasteiger partial charge is 0.219 e. The Morgan fingerprint density at radius 2 is 2.35 bits per heavy atom. The minimum absolute atomic E-state index is 0.0752. The number of fused-ring (bicyclic) bond motifs is 1. The monoisotopic (exact) mass is 233 g/mol. The van der Waals surface area contributed by atoms with Crippen molar-refractivity contribution in [3.05, 3.63) is 30.1 Å². The number of imidazole rings is 1. The summed E-state index contributed by atoms with van der Waals surface area (Å²) < 4.78 is 0. The van der Waals surface area contributed by atoms with Crippen LogP contribution in [0.3, 0.4) is 0 Å². The predicted octanol–water partition coefficient (Wildman–Crippen LogP) is 1.07. The normalized spacial score (nSPS) is 12.6. The van der Waals surface area contributed by atoms with E-state index in [4.69, 9.17) is 0 Å². The van der Waals surface area contributed by atoms with Crippen LogP contribution in [0.25, 0.3) is 11.0 Å². The molecule has 0 fully saturated rings. The lowest BCUT2D eigenvalue weighted by Gasteiger charge is -2.25. The Balaban J connectivity index is 2.38. The van der Waals surface area contributed by atoms with Gasteiger partial charge in [0.05, 0.1) is 30.0 Å². The average Bonchev–Trinajstić information content (AvgIpc) is 2.77. The second-order valence-electron chi connectivity index (χ2n) is 4.01. The molecule has 1 heterocycles. The van der Waals surface area contributed by atoms with E-state index in [-0.39, 0.29) is 18.6 Å². The largest absolute Gasteiger partial charge is 0.394 e. The molecule has 5 heteroatoms. The zero-order valence-electron chi connectivity index (χ0n) is 9.84. The van der Waals surface area contributed by atoms with E-state index in [0.717, 1.165) is 16.6 Å². The van der Waals surface area contributed by atoms with Crippen LogP contribution in [-0.2, 0) is 4.79 Å². The van der Waals surface area contributed by atoms with Gasteiger partial charge in [-0.2, -0.15) is 0 Å². The Hall–Kier alpha value is -1.88. The first-order chi connectivity index (χ1) is 8.13. The van der Waals surface area contributed by atoms with E-state index < -0.39 is 0 Å². The number of aromatic amines is 1. The minimum atomic E-state index is -0.319. The lowest BCUT2D eigenvalue weighted by Crippen LogP contribution is -2.31. The highest BCUT2D eigenvalue weighted by atomic mass is 16.3. The van der Waals surface area contributed by atoms with Gasteiger partial charge in [0.1, 0.15) is 0 Å². The number of nitrogens with zero attached hydrogens (tertiary/aromatic N) is 2. The summed E-state index contributed by atoms with van der Waals surface area (Å²) in [6.07, 6.45) is 1.62. The van der Waals surface area contributed by atoms with E-state index in [9.17, 15) is 9.90 Å². The average molecular weight is 233 g/mol. The Morgan fingerprint density at radius 1 is 1.59 bits per heavy atom. The van der Waals surface area contributed by atoms with Crippen molar-refractivity contribution < 1.29 is 9.90 Å². The summed E-state index contributed by atoms with van der Waals surface area (Å²) in [4.78, 5) is 20.0. The molecule has 0 saturated heterocycles. The Bertz CT molecular complexity index is 535. The molecule has 17 heavy (non-hydrogen) atoms. The van der Waals surface area contributed by atoms with Gasteiger partial charge in [-0.05, 0) is 17.7 Å². The molecule has 5 nitrogen and oxygen atoms in total. The molecule has 0 bridgehead atoms. The molecule has 90 valence electrons. The van der Waals surface area contributed by atoms with Crippen LogP contribution in [0.5, 0.6) is 0 Å². The van der Waals surface area contributed by atoms with E-state index >= 15 is 0 Å². The zero-order chi connectivity index (χ0) is 12.4. The third kappa shape index (κ3) is 2.14. The highest BCUT2D eigenvalue weighted by Gasteiger charge is 2.18. The summed E-state index contributed by atoms with van der Waals surface area (Å²) in [6, 6.07) is 5.34. The number of aliphatic hydroxyl groups excluding tert-OH is 1. The number of amides is 1. The maximum absolute atomic E-state index is 11.3. The first-order valence-electron chi connectivity index (χ1n) is 5.40. The van der Waals surface area contributed by atoms with Crippen molar-refractivity contribution in [2.24, 2.45) is 0 Å². The molecule has 0 aliphatic rings. The van der Waals surface area contributed by atoms with E-state index in [0.29, 0.717) is 0 Å². The van der Waals surface area contributed by atoms with Crippen molar-refractivity contribution in [2.45, 2.75) is 13.0 Å². The molecule has 2 rings (SSSR count). The second kappa shape index (κ2) is 4.55. The number of carbonyl (C=O) groups is 1. The summed E-state index contributed by atoms with van der Waals surface area (Å²) in [5.74, 6) is -0.0752. The summed E-state index contributed by atoms with van der Waals surface area (Å²) in [7, 11) is 1.68. The van der Waals surface area contributed by atoms with Crippen molar-refractivity contribution in [3.8, 4) is 0 Å². The van der Waals surface area contributed by atoms with Gasteiger partial charge < -0.3 is 15.0 Å². The lowest BCUT2D eigenvalue weighted by atomic mass is 10.1. The summed E-state index contributed by atoms with van der Waals surface area (Å²) in [5, 5.41) is 9.40. The van der Waals surface area contributed by atoms with E-state index in [1.54, 1.807) is 13.4 Å². The first kappa shape index (κ1) is 11.6. The number of rotatable bonds is 3. The SMILES string of the molecule is CC(=O)N(C)C(CO)c1ccc2nc[nH]c2c1. The second-order valence-corrected chi connectivity index (χ2v) is 4.01. The third-order valence-corrected chi connectivity index (χ3v) is 2.97. The predicted molar refractivity (Wildman–Crippen MR) is 64.4 cm³/mol. The molecule has 2 N–H and O–H groups in total. The Labute approximate surface area is 99.1 Å². The van der Waals surface area contributed by atoms with Crippen LogP contribution < -0.4 is 0 Å². The molecule has 2 aromatic rings. The fraction of sp³-hybridized carbons (Fsp3) is 0.333. The summed E-state index contributed by atoms with van der Waals surface area (Å²) in [5.41, 5.74) is 2.66. The first-order valence-corrected chi connectivity index (χ1v) is 5.40. The van der Waals surface area contributed by atoms with E-state index in [1.807, 2.05) is 18.2 Å². The number of carbonyl (C=O) groups excluding carboxylic acids is 1. The minimum Gasteiger partial charge on any atom is -0.394 e. The molecular weight excluding hydrogens is 218 g/mol. The topological polar surface area (TPSA) is 69.2 Å². The number of nitrogens with one attached hydrogen (secondary N) is 1. The third-order valence-electron chi connectivity index (χ3n) is 2.97. The van der Waals surface area contributed by atoms with Crippen molar-refractivity contribution in [3.63, 3.8) is 0 Å². The van der Waals surface area contributed by atoms with Gasteiger partial charge >= 0.3 is 0 Å². The molecule has 1 unspecified atom stereocenters. The molecule has 0 aliphatic heterocycles. The number of H-pyrrole nitrogens is 1. The van der Waals surface area contributed by atoms with Crippen LogP contribution in [0.1, 0.15) is 18.5 Å². The van der Waals surface area contributed by atoms with Gasteiger partial charge in [0, 0.05) is 14.0 Å². The van der Waals surface area contributed by atoms with Gasteiger partial charge in [-0.25, -0.2) is 4.98 Å². The molecule has 1 amide bonds. The zero-order valence-corrected chi connectivity index (χ0v) is 9.84. The fourth-order valence-electron chi connectivity index (χ4n) is 1.83. The van der Waals surface area contributed by atoms with Crippen LogP contribution >= 0.6 is 0 Å². The molecule has 1 atom stereocenters. The standard InChI is InChI=1S/C12H15N3O2/c1-8(17)15(2)12(6-16)9-3-4-10-11(5-9)14-7-13-10/h3-5,7,12,16H,6H2,1-2H3,(H,13,14). The number of aliphatic hydroxyl groups is 1. The van der Waals surface area contributed by atoms with Gasteiger partial charge in [-0.3, -0.25) is 4.79 Å². The number of hydrogen-bond donors (Lipinski definition) is 2. The van der Waals surface area contributed by atoms with Crippen LogP contribution in [0.2, 0.25) is 0 Å². The Kier molecular flexibility index (Phi) is 3.10. The lowest BCUT2D eigenvalue weighted by molar-refractivity contribution is -0.130. The van der Waals surface area contributed by atoms with Crippen molar-refractivity contribution >= 4 is 16.9 Å². The van der Waals surface area contributed by atoms with Gasteiger partial charge in [-0.15, -0.1) is 0 Å². The van der Waals surface area contributed by atoms with Crippen molar-refractivity contribution in [1.29, 1.82) is 0 Å². The maximum atomic E-state index is 11.3. The highest BCUT2D eigenvalue weighted by Crippen LogP contribution is 2.22. The highest BCUT2D eigenvalue weighted by molar-refractivity contribution is 5.76. The van der Waals surface area contributed by atoms with Crippen molar-refractivity contribution in [1.82, 2.24) is 14.9 Å². The quantitative estimate of drug-likeness (QED) is 0.833. The number of aromatic nitrogens is 2.